The first-order valence-electron chi connectivity index (χ1n) is 8.68. The monoisotopic (exact) mass is 409 g/mol. The molecule has 3 rings (SSSR count). The molecule has 29 heavy (non-hydrogen) atoms. The minimum absolute atomic E-state index is 0.0277. The number of nitrogens with one attached hydrogen (secondary N) is 1. The van der Waals surface area contributed by atoms with Gasteiger partial charge in [-0.25, -0.2) is 8.42 Å². The van der Waals surface area contributed by atoms with E-state index in [1.165, 1.54) is 66.7 Å². The van der Waals surface area contributed by atoms with E-state index in [1.807, 2.05) is 6.92 Å². The highest BCUT2D eigenvalue weighted by atomic mass is 32.2. The molecule has 0 amide bonds. The Morgan fingerprint density at radius 3 is 2.24 bits per heavy atom. The molecule has 0 aliphatic heterocycles. The molecule has 3 aromatic carbocycles. The number of anilines is 1. The zero-order chi connectivity index (χ0) is 21.0. The van der Waals surface area contributed by atoms with Crippen LogP contribution >= 0.6 is 0 Å². The first-order chi connectivity index (χ1) is 13.7. The molecular formula is C22H19NO5S. The maximum absolute atomic E-state index is 12.4. The summed E-state index contributed by atoms with van der Waals surface area (Å²) in [5, 5.41) is 19.2. The van der Waals surface area contributed by atoms with Crippen LogP contribution in [0.5, 0.6) is 11.5 Å². The predicted octanol–water partition coefficient (Wildman–Crippen LogP) is 4.10. The standard InChI is InChI=1S/C22H19NO5S/c1-15-2-10-20(11-3-15)29(27,28)23-18-7-4-16(5-8-18)21(25)12-6-17-14-19(24)9-13-22(17)26/h2-14,23-24,26H,1H3/b12-6+. The summed E-state index contributed by atoms with van der Waals surface area (Å²) in [6.45, 7) is 1.87. The van der Waals surface area contributed by atoms with E-state index >= 15 is 0 Å². The summed E-state index contributed by atoms with van der Waals surface area (Å²) in [6.07, 6.45) is 2.66. The quantitative estimate of drug-likeness (QED) is 0.323. The zero-order valence-corrected chi connectivity index (χ0v) is 16.3. The van der Waals surface area contributed by atoms with Gasteiger partial charge in [-0.1, -0.05) is 17.7 Å². The van der Waals surface area contributed by atoms with E-state index in [1.54, 1.807) is 12.1 Å². The van der Waals surface area contributed by atoms with Crippen molar-refractivity contribution in [3.05, 3.63) is 89.5 Å². The van der Waals surface area contributed by atoms with E-state index in [0.29, 0.717) is 16.8 Å². The maximum Gasteiger partial charge on any atom is 0.261 e. The summed E-state index contributed by atoms with van der Waals surface area (Å²) >= 11 is 0. The number of phenols is 2. The second kappa shape index (κ2) is 8.20. The summed E-state index contributed by atoms with van der Waals surface area (Å²) < 4.78 is 27.3. The molecule has 0 atom stereocenters. The van der Waals surface area contributed by atoms with Crippen molar-refractivity contribution in [2.75, 3.05) is 4.72 Å². The second-order valence-corrected chi connectivity index (χ2v) is 8.12. The number of carbonyl (C=O) groups is 1. The Bertz CT molecular complexity index is 1160. The average Bonchev–Trinajstić information content (AvgIpc) is 2.69. The van der Waals surface area contributed by atoms with Gasteiger partial charge in [0.1, 0.15) is 11.5 Å². The minimum Gasteiger partial charge on any atom is -0.508 e. The van der Waals surface area contributed by atoms with E-state index in [2.05, 4.69) is 4.72 Å². The minimum atomic E-state index is -3.72. The van der Waals surface area contributed by atoms with Gasteiger partial charge in [-0.2, -0.15) is 0 Å². The summed E-state index contributed by atoms with van der Waals surface area (Å²) in [4.78, 5) is 12.4. The number of sulfonamides is 1. The molecule has 0 unspecified atom stereocenters. The molecule has 6 nitrogen and oxygen atoms in total. The number of rotatable bonds is 6. The number of hydrogen-bond donors (Lipinski definition) is 3. The van der Waals surface area contributed by atoms with Crippen molar-refractivity contribution in [1.82, 2.24) is 0 Å². The van der Waals surface area contributed by atoms with E-state index in [4.69, 9.17) is 0 Å². The zero-order valence-electron chi connectivity index (χ0n) is 15.5. The van der Waals surface area contributed by atoms with Crippen molar-refractivity contribution in [2.24, 2.45) is 0 Å². The van der Waals surface area contributed by atoms with Gasteiger partial charge in [0.25, 0.3) is 10.0 Å². The Kier molecular flexibility index (Phi) is 5.70. The number of allylic oxidation sites excluding steroid dienone is 1. The largest absolute Gasteiger partial charge is 0.508 e. The Morgan fingerprint density at radius 1 is 0.931 bits per heavy atom. The van der Waals surface area contributed by atoms with E-state index < -0.39 is 10.0 Å². The van der Waals surface area contributed by atoms with Gasteiger partial charge in [-0.3, -0.25) is 9.52 Å². The smallest absolute Gasteiger partial charge is 0.261 e. The molecule has 0 aromatic heterocycles. The predicted molar refractivity (Wildman–Crippen MR) is 112 cm³/mol. The second-order valence-electron chi connectivity index (χ2n) is 6.44. The molecule has 0 spiro atoms. The number of ketones is 1. The van der Waals surface area contributed by atoms with Crippen LogP contribution in [0, 0.1) is 6.92 Å². The van der Waals surface area contributed by atoms with E-state index in [9.17, 15) is 23.4 Å². The summed E-state index contributed by atoms with van der Waals surface area (Å²) in [5.74, 6) is -0.423. The summed E-state index contributed by atoms with van der Waals surface area (Å²) in [6, 6.07) is 16.5. The van der Waals surface area contributed by atoms with Crippen molar-refractivity contribution in [3.63, 3.8) is 0 Å². The highest BCUT2D eigenvalue weighted by Crippen LogP contribution is 2.23. The molecule has 0 fully saturated rings. The lowest BCUT2D eigenvalue weighted by atomic mass is 10.1. The first-order valence-corrected chi connectivity index (χ1v) is 10.2. The molecule has 0 aliphatic rings. The molecule has 0 saturated heterocycles. The van der Waals surface area contributed by atoms with Gasteiger partial charge in [0, 0.05) is 16.8 Å². The van der Waals surface area contributed by atoms with Crippen molar-refractivity contribution < 1.29 is 23.4 Å². The molecule has 0 bridgehead atoms. The summed E-state index contributed by atoms with van der Waals surface area (Å²) in [7, 11) is -3.72. The Balaban J connectivity index is 1.72. The molecule has 3 aromatic rings. The molecular weight excluding hydrogens is 390 g/mol. The van der Waals surface area contributed by atoms with Gasteiger partial charge in [-0.15, -0.1) is 0 Å². The van der Waals surface area contributed by atoms with Gasteiger partial charge in [0.2, 0.25) is 0 Å². The van der Waals surface area contributed by atoms with Crippen LogP contribution in [0.3, 0.4) is 0 Å². The van der Waals surface area contributed by atoms with Crippen molar-refractivity contribution in [1.29, 1.82) is 0 Å². The average molecular weight is 409 g/mol. The number of benzene rings is 3. The fourth-order valence-electron chi connectivity index (χ4n) is 2.57. The van der Waals surface area contributed by atoms with Gasteiger partial charge in [0.15, 0.2) is 5.78 Å². The number of hydrogen-bond acceptors (Lipinski definition) is 5. The van der Waals surface area contributed by atoms with Crippen molar-refractivity contribution in [3.8, 4) is 11.5 Å². The van der Waals surface area contributed by atoms with Crippen molar-refractivity contribution >= 4 is 27.6 Å². The van der Waals surface area contributed by atoms with Gasteiger partial charge < -0.3 is 10.2 Å². The number of carbonyl (C=O) groups excluding carboxylic acids is 1. The highest BCUT2D eigenvalue weighted by Gasteiger charge is 2.14. The highest BCUT2D eigenvalue weighted by molar-refractivity contribution is 7.92. The fraction of sp³-hybridized carbons (Fsp3) is 0.0455. The topological polar surface area (TPSA) is 104 Å². The number of phenolic OH excluding ortho intramolecular Hbond substituents is 2. The Morgan fingerprint density at radius 2 is 1.59 bits per heavy atom. The molecule has 3 N–H and O–H groups in total. The van der Waals surface area contributed by atoms with Crippen LogP contribution < -0.4 is 4.72 Å². The normalized spacial score (nSPS) is 11.5. The lowest BCUT2D eigenvalue weighted by molar-refractivity contribution is 0.104. The van der Waals surface area contributed by atoms with Crippen LogP contribution in [0.1, 0.15) is 21.5 Å². The summed E-state index contributed by atoms with van der Waals surface area (Å²) in [5.41, 5.74) is 1.94. The van der Waals surface area contributed by atoms with E-state index in [-0.39, 0.29) is 22.2 Å². The SMILES string of the molecule is Cc1ccc(S(=O)(=O)Nc2ccc(C(=O)/C=C/c3cc(O)ccc3O)cc2)cc1. The lowest BCUT2D eigenvalue weighted by Crippen LogP contribution is -2.13. The lowest BCUT2D eigenvalue weighted by Gasteiger charge is -2.08. The van der Waals surface area contributed by atoms with Crippen molar-refractivity contribution in [2.45, 2.75) is 11.8 Å². The van der Waals surface area contributed by atoms with Gasteiger partial charge in [-0.05, 0) is 73.7 Å². The molecule has 0 heterocycles. The third-order valence-corrected chi connectivity index (χ3v) is 5.58. The van der Waals surface area contributed by atoms with Gasteiger partial charge >= 0.3 is 0 Å². The van der Waals surface area contributed by atoms with Crippen LogP contribution in [-0.2, 0) is 10.0 Å². The Labute approximate surface area is 168 Å². The van der Waals surface area contributed by atoms with Crippen LogP contribution in [0.4, 0.5) is 5.69 Å². The van der Waals surface area contributed by atoms with Crippen LogP contribution in [-0.4, -0.2) is 24.4 Å². The number of aromatic hydroxyl groups is 2. The molecule has 148 valence electrons. The Hall–Kier alpha value is -3.58. The third-order valence-electron chi connectivity index (χ3n) is 4.18. The molecule has 0 radical (unpaired) electrons. The van der Waals surface area contributed by atoms with E-state index in [0.717, 1.165) is 5.56 Å². The molecule has 7 heteroatoms. The third kappa shape index (κ3) is 5.03. The first kappa shape index (κ1) is 20.2. The fourth-order valence-corrected chi connectivity index (χ4v) is 3.63. The molecule has 0 aliphatic carbocycles. The number of aryl methyl sites for hydroxylation is 1. The van der Waals surface area contributed by atoms with Crippen LogP contribution in [0.25, 0.3) is 6.08 Å². The maximum atomic E-state index is 12.4. The van der Waals surface area contributed by atoms with Gasteiger partial charge in [0.05, 0.1) is 4.90 Å². The van der Waals surface area contributed by atoms with Crippen LogP contribution in [0.15, 0.2) is 77.7 Å². The van der Waals surface area contributed by atoms with Crippen LogP contribution in [0.2, 0.25) is 0 Å². The molecule has 0 saturated carbocycles.